The number of nitrogens with zero attached hydrogens (tertiary/aromatic N) is 6. The first-order valence-corrected chi connectivity index (χ1v) is 7.93. The summed E-state index contributed by atoms with van der Waals surface area (Å²) in [5.41, 5.74) is 5.59. The average molecular weight is 325 g/mol. The van der Waals surface area contributed by atoms with Crippen LogP contribution < -0.4 is 16.0 Å². The van der Waals surface area contributed by atoms with Gasteiger partial charge in [-0.3, -0.25) is 4.57 Å². The Kier molecular flexibility index (Phi) is 3.73. The molecule has 0 amide bonds. The summed E-state index contributed by atoms with van der Waals surface area (Å²) in [5.74, 6) is 2.75. The van der Waals surface area contributed by atoms with E-state index in [1.54, 1.807) is 12.5 Å². The Bertz CT molecular complexity index is 787. The highest BCUT2D eigenvalue weighted by Gasteiger charge is 2.22. The van der Waals surface area contributed by atoms with Gasteiger partial charge in [-0.25, -0.2) is 15.1 Å². The van der Waals surface area contributed by atoms with Crippen LogP contribution in [-0.4, -0.2) is 48.8 Å². The van der Waals surface area contributed by atoms with Crippen LogP contribution in [0.5, 0.6) is 0 Å². The number of H-pyrrole nitrogens is 1. The van der Waals surface area contributed by atoms with E-state index in [-0.39, 0.29) is 0 Å². The standard InChI is InChI=1S/C15H19N9/c16-14-20-15(22-21-14)23-7-4-11(5-8-23)18-12-2-1-3-13(19-12)24-9-6-17-10-24/h1-3,6,9-11H,4-5,7-8H2,(H,18,19)(H3,16,20,21,22). The predicted octanol–water partition coefficient (Wildman–Crippen LogP) is 1.05. The number of pyridine rings is 1. The molecule has 0 spiro atoms. The van der Waals surface area contributed by atoms with Gasteiger partial charge in [0.25, 0.3) is 0 Å². The fourth-order valence-electron chi connectivity index (χ4n) is 2.88. The van der Waals surface area contributed by atoms with Gasteiger partial charge in [0.05, 0.1) is 0 Å². The first-order chi connectivity index (χ1) is 11.8. The van der Waals surface area contributed by atoms with Crippen LogP contribution in [0.3, 0.4) is 0 Å². The second-order valence-corrected chi connectivity index (χ2v) is 5.78. The fourth-order valence-corrected chi connectivity index (χ4v) is 2.88. The number of rotatable bonds is 4. The van der Waals surface area contributed by atoms with Crippen molar-refractivity contribution in [2.45, 2.75) is 18.9 Å². The van der Waals surface area contributed by atoms with Crippen molar-refractivity contribution in [2.24, 2.45) is 0 Å². The lowest BCUT2D eigenvalue weighted by Crippen LogP contribution is -2.39. The summed E-state index contributed by atoms with van der Waals surface area (Å²) in [7, 11) is 0. The molecular weight excluding hydrogens is 306 g/mol. The van der Waals surface area contributed by atoms with E-state index in [1.165, 1.54) is 0 Å². The van der Waals surface area contributed by atoms with Crippen LogP contribution in [0, 0.1) is 0 Å². The van der Waals surface area contributed by atoms with Crippen molar-refractivity contribution in [3.05, 3.63) is 36.9 Å². The molecule has 0 radical (unpaired) electrons. The normalized spacial score (nSPS) is 15.6. The van der Waals surface area contributed by atoms with Crippen LogP contribution in [0.15, 0.2) is 36.9 Å². The number of aromatic nitrogens is 6. The number of aromatic amines is 1. The van der Waals surface area contributed by atoms with Gasteiger partial charge < -0.3 is 16.0 Å². The maximum absolute atomic E-state index is 5.59. The van der Waals surface area contributed by atoms with Gasteiger partial charge in [-0.15, -0.1) is 5.10 Å². The largest absolute Gasteiger partial charge is 0.368 e. The summed E-state index contributed by atoms with van der Waals surface area (Å²) in [5, 5.41) is 10.3. The molecule has 3 aromatic rings. The lowest BCUT2D eigenvalue weighted by Gasteiger charge is -2.31. The van der Waals surface area contributed by atoms with Crippen LogP contribution in [0.25, 0.3) is 5.82 Å². The van der Waals surface area contributed by atoms with Gasteiger partial charge in [-0.1, -0.05) is 6.07 Å². The third-order valence-electron chi connectivity index (χ3n) is 4.12. The lowest BCUT2D eigenvalue weighted by atomic mass is 10.1. The maximum atomic E-state index is 5.59. The second-order valence-electron chi connectivity index (χ2n) is 5.78. The molecule has 1 aliphatic heterocycles. The minimum atomic E-state index is 0.353. The lowest BCUT2D eigenvalue weighted by molar-refractivity contribution is 0.519. The molecule has 9 heteroatoms. The summed E-state index contributed by atoms with van der Waals surface area (Å²) in [6, 6.07) is 6.32. The molecule has 1 fully saturated rings. The summed E-state index contributed by atoms with van der Waals surface area (Å²) in [4.78, 5) is 15.0. The number of nitrogens with two attached hydrogens (primary N) is 1. The Morgan fingerprint density at radius 1 is 1.21 bits per heavy atom. The molecule has 0 aromatic carbocycles. The number of anilines is 3. The van der Waals surface area contributed by atoms with Gasteiger partial charge in [0.15, 0.2) is 0 Å². The Hall–Kier alpha value is -3.10. The van der Waals surface area contributed by atoms with E-state index in [9.17, 15) is 0 Å². The highest BCUT2D eigenvalue weighted by atomic mass is 15.4. The number of nitrogen functional groups attached to an aromatic ring is 1. The molecule has 4 N–H and O–H groups in total. The van der Waals surface area contributed by atoms with E-state index >= 15 is 0 Å². The van der Waals surface area contributed by atoms with Gasteiger partial charge in [0, 0.05) is 31.5 Å². The highest BCUT2D eigenvalue weighted by Crippen LogP contribution is 2.19. The molecule has 0 saturated carbocycles. The van der Waals surface area contributed by atoms with Crippen molar-refractivity contribution in [1.82, 2.24) is 29.7 Å². The number of piperidine rings is 1. The summed E-state index contributed by atoms with van der Waals surface area (Å²) < 4.78 is 1.89. The minimum Gasteiger partial charge on any atom is -0.368 e. The van der Waals surface area contributed by atoms with Crippen LogP contribution in [0.2, 0.25) is 0 Å². The first-order valence-electron chi connectivity index (χ1n) is 7.93. The predicted molar refractivity (Wildman–Crippen MR) is 91.0 cm³/mol. The zero-order valence-electron chi connectivity index (χ0n) is 13.1. The molecule has 3 aromatic heterocycles. The topological polar surface area (TPSA) is 114 Å². The Morgan fingerprint density at radius 3 is 2.79 bits per heavy atom. The number of imidazole rings is 1. The summed E-state index contributed by atoms with van der Waals surface area (Å²) >= 11 is 0. The van der Waals surface area contributed by atoms with E-state index in [4.69, 9.17) is 5.73 Å². The molecule has 0 aliphatic carbocycles. The van der Waals surface area contributed by atoms with Crippen molar-refractivity contribution in [3.8, 4) is 5.82 Å². The number of hydrogen-bond acceptors (Lipinski definition) is 7. The number of nitrogens with one attached hydrogen (secondary N) is 2. The molecule has 0 bridgehead atoms. The van der Waals surface area contributed by atoms with E-state index in [2.05, 4.69) is 35.4 Å². The summed E-state index contributed by atoms with van der Waals surface area (Å²) in [6.45, 7) is 1.77. The number of hydrogen-bond donors (Lipinski definition) is 3. The first kappa shape index (κ1) is 14.5. The fraction of sp³-hybridized carbons (Fsp3) is 0.333. The van der Waals surface area contributed by atoms with Crippen molar-refractivity contribution < 1.29 is 0 Å². The third-order valence-corrected chi connectivity index (χ3v) is 4.12. The monoisotopic (exact) mass is 325 g/mol. The molecular formula is C15H19N9. The smallest absolute Gasteiger partial charge is 0.246 e. The molecule has 24 heavy (non-hydrogen) atoms. The van der Waals surface area contributed by atoms with Crippen molar-refractivity contribution >= 4 is 17.7 Å². The average Bonchev–Trinajstić information content (AvgIpc) is 3.28. The Balaban J connectivity index is 1.38. The molecule has 1 aliphatic rings. The van der Waals surface area contributed by atoms with E-state index < -0.39 is 0 Å². The van der Waals surface area contributed by atoms with E-state index in [0.717, 1.165) is 37.6 Å². The van der Waals surface area contributed by atoms with Gasteiger partial charge in [0.2, 0.25) is 11.9 Å². The zero-order chi connectivity index (χ0) is 16.4. The highest BCUT2D eigenvalue weighted by molar-refractivity contribution is 5.41. The molecule has 124 valence electrons. The van der Waals surface area contributed by atoms with Gasteiger partial charge in [0.1, 0.15) is 18.0 Å². The van der Waals surface area contributed by atoms with Gasteiger partial charge in [-0.2, -0.15) is 4.98 Å². The van der Waals surface area contributed by atoms with Crippen LogP contribution in [-0.2, 0) is 0 Å². The van der Waals surface area contributed by atoms with Crippen LogP contribution in [0.4, 0.5) is 17.7 Å². The van der Waals surface area contributed by atoms with E-state index in [0.29, 0.717) is 17.9 Å². The van der Waals surface area contributed by atoms with Crippen LogP contribution >= 0.6 is 0 Å². The van der Waals surface area contributed by atoms with Crippen molar-refractivity contribution in [1.29, 1.82) is 0 Å². The minimum absolute atomic E-state index is 0.353. The molecule has 0 unspecified atom stereocenters. The SMILES string of the molecule is Nc1nc(N2CCC(Nc3cccc(-n4ccnc4)n3)CC2)n[nH]1. The molecule has 4 heterocycles. The Labute approximate surface area is 138 Å². The quantitative estimate of drug-likeness (QED) is 0.657. The Morgan fingerprint density at radius 2 is 2.08 bits per heavy atom. The molecule has 0 atom stereocenters. The molecule has 1 saturated heterocycles. The second kappa shape index (κ2) is 6.19. The van der Waals surface area contributed by atoms with Gasteiger partial charge in [-0.05, 0) is 25.0 Å². The van der Waals surface area contributed by atoms with Crippen LogP contribution in [0.1, 0.15) is 12.8 Å². The maximum Gasteiger partial charge on any atom is 0.246 e. The third kappa shape index (κ3) is 3.00. The van der Waals surface area contributed by atoms with Crippen molar-refractivity contribution in [2.75, 3.05) is 29.0 Å². The molecule has 4 rings (SSSR count). The summed E-state index contributed by atoms with van der Waals surface area (Å²) in [6.07, 6.45) is 7.35. The zero-order valence-corrected chi connectivity index (χ0v) is 13.1. The van der Waals surface area contributed by atoms with E-state index in [1.807, 2.05) is 29.0 Å². The molecule has 9 nitrogen and oxygen atoms in total. The van der Waals surface area contributed by atoms with Crippen molar-refractivity contribution in [3.63, 3.8) is 0 Å². The van der Waals surface area contributed by atoms with Gasteiger partial charge >= 0.3 is 0 Å².